The van der Waals surface area contributed by atoms with Crippen molar-refractivity contribution in [2.45, 2.75) is 25.8 Å². The van der Waals surface area contributed by atoms with Gasteiger partial charge in [-0.15, -0.1) is 24.8 Å². The third-order valence-corrected chi connectivity index (χ3v) is 2.24. The van der Waals surface area contributed by atoms with E-state index in [4.69, 9.17) is 5.73 Å². The van der Waals surface area contributed by atoms with E-state index in [0.717, 1.165) is 11.5 Å². The van der Waals surface area contributed by atoms with Crippen molar-refractivity contribution in [3.63, 3.8) is 0 Å². The Bertz CT molecular complexity index is 289. The summed E-state index contributed by atoms with van der Waals surface area (Å²) in [4.78, 5) is 8.46. The molecule has 0 bridgehead atoms. The molecule has 0 amide bonds. The smallest absolute Gasteiger partial charge is 0.145 e. The second kappa shape index (κ2) is 5.49. The molecule has 1 aromatic heterocycles. The molecule has 0 radical (unpaired) electrons. The van der Waals surface area contributed by atoms with Crippen LogP contribution in [-0.4, -0.2) is 9.97 Å². The third-order valence-electron chi connectivity index (χ3n) is 2.24. The van der Waals surface area contributed by atoms with Crippen molar-refractivity contribution in [1.82, 2.24) is 9.97 Å². The summed E-state index contributed by atoms with van der Waals surface area (Å²) >= 11 is 0. The Hall–Kier alpha value is -0.380. The minimum absolute atomic E-state index is 0. The van der Waals surface area contributed by atoms with E-state index in [1.165, 1.54) is 12.8 Å². The van der Waals surface area contributed by atoms with Crippen molar-refractivity contribution in [3.8, 4) is 0 Å². The maximum Gasteiger partial charge on any atom is 0.145 e. The van der Waals surface area contributed by atoms with E-state index in [9.17, 15) is 0 Å². The highest BCUT2D eigenvalue weighted by Gasteiger charge is 2.31. The molecular weight excluding hydrogens is 221 g/mol. The highest BCUT2D eigenvalue weighted by molar-refractivity contribution is 5.85. The standard InChI is InChI=1S/C9H13N3.2ClH/c1-6-4-5-11-9(12-6)8(10)7-2-3-7;;/h4-5,7-8H,2-3,10H2,1H3;2*1H. The first-order chi connectivity index (χ1) is 5.77. The van der Waals surface area contributed by atoms with Crippen LogP contribution in [0.5, 0.6) is 0 Å². The average Bonchev–Trinajstić information content (AvgIpc) is 2.85. The van der Waals surface area contributed by atoms with Crippen LogP contribution in [-0.2, 0) is 0 Å². The zero-order chi connectivity index (χ0) is 8.55. The number of nitrogens with zero attached hydrogens (tertiary/aromatic N) is 2. The van der Waals surface area contributed by atoms with Crippen LogP contribution in [0.1, 0.15) is 30.4 Å². The van der Waals surface area contributed by atoms with Gasteiger partial charge < -0.3 is 5.73 Å². The molecule has 0 spiro atoms. The van der Waals surface area contributed by atoms with Gasteiger partial charge in [-0.3, -0.25) is 0 Å². The molecule has 0 aromatic carbocycles. The number of halogens is 2. The molecule has 5 heteroatoms. The number of rotatable bonds is 2. The Morgan fingerprint density at radius 2 is 2.07 bits per heavy atom. The van der Waals surface area contributed by atoms with Crippen LogP contribution in [0, 0.1) is 12.8 Å². The lowest BCUT2D eigenvalue weighted by atomic mass is 10.2. The van der Waals surface area contributed by atoms with Gasteiger partial charge in [0.15, 0.2) is 0 Å². The van der Waals surface area contributed by atoms with Crippen LogP contribution in [0.2, 0.25) is 0 Å². The van der Waals surface area contributed by atoms with Crippen LogP contribution in [0.4, 0.5) is 0 Å². The molecule has 0 aliphatic heterocycles. The van der Waals surface area contributed by atoms with Gasteiger partial charge in [0.25, 0.3) is 0 Å². The molecule has 1 atom stereocenters. The fourth-order valence-corrected chi connectivity index (χ4v) is 1.30. The Morgan fingerprint density at radius 1 is 1.43 bits per heavy atom. The SMILES string of the molecule is Cc1ccnc(C(N)C2CC2)n1.Cl.Cl. The summed E-state index contributed by atoms with van der Waals surface area (Å²) in [6.45, 7) is 1.96. The van der Waals surface area contributed by atoms with E-state index in [2.05, 4.69) is 9.97 Å². The topological polar surface area (TPSA) is 51.8 Å². The second-order valence-corrected chi connectivity index (χ2v) is 3.42. The van der Waals surface area contributed by atoms with E-state index in [1.54, 1.807) is 6.20 Å². The molecule has 2 N–H and O–H groups in total. The number of aryl methyl sites for hydroxylation is 1. The van der Waals surface area contributed by atoms with Crippen molar-refractivity contribution in [3.05, 3.63) is 23.8 Å². The van der Waals surface area contributed by atoms with Crippen LogP contribution < -0.4 is 5.73 Å². The first kappa shape index (κ1) is 13.6. The van der Waals surface area contributed by atoms with Gasteiger partial charge in [-0.05, 0) is 31.7 Å². The normalized spacial score (nSPS) is 16.4. The van der Waals surface area contributed by atoms with E-state index in [0.29, 0.717) is 5.92 Å². The van der Waals surface area contributed by atoms with Crippen molar-refractivity contribution in [2.24, 2.45) is 11.7 Å². The van der Waals surface area contributed by atoms with E-state index < -0.39 is 0 Å². The lowest BCUT2D eigenvalue weighted by Gasteiger charge is -2.07. The molecular formula is C9H15Cl2N3. The molecule has 80 valence electrons. The van der Waals surface area contributed by atoms with Crippen molar-refractivity contribution in [1.29, 1.82) is 0 Å². The quantitative estimate of drug-likeness (QED) is 0.854. The summed E-state index contributed by atoms with van der Waals surface area (Å²) in [5.41, 5.74) is 6.94. The zero-order valence-corrected chi connectivity index (χ0v) is 9.64. The van der Waals surface area contributed by atoms with Crippen molar-refractivity contribution < 1.29 is 0 Å². The maximum absolute atomic E-state index is 5.94. The number of aromatic nitrogens is 2. The van der Waals surface area contributed by atoms with E-state index >= 15 is 0 Å². The lowest BCUT2D eigenvalue weighted by molar-refractivity contribution is 0.591. The summed E-state index contributed by atoms with van der Waals surface area (Å²) in [6, 6.07) is 1.95. The minimum Gasteiger partial charge on any atom is -0.321 e. The second-order valence-electron chi connectivity index (χ2n) is 3.42. The molecule has 1 aromatic rings. The highest BCUT2D eigenvalue weighted by Crippen LogP contribution is 2.38. The monoisotopic (exact) mass is 235 g/mol. The molecule has 3 nitrogen and oxygen atoms in total. The van der Waals surface area contributed by atoms with Gasteiger partial charge in [0.05, 0.1) is 6.04 Å². The summed E-state index contributed by atoms with van der Waals surface area (Å²) in [6.07, 6.45) is 4.25. The van der Waals surface area contributed by atoms with E-state index in [-0.39, 0.29) is 30.9 Å². The Morgan fingerprint density at radius 3 is 2.57 bits per heavy atom. The van der Waals surface area contributed by atoms with Gasteiger partial charge >= 0.3 is 0 Å². The predicted octanol–water partition coefficient (Wildman–Crippen LogP) is 2.04. The highest BCUT2D eigenvalue weighted by atomic mass is 35.5. The Kier molecular flexibility index (Phi) is 5.34. The third kappa shape index (κ3) is 3.08. The van der Waals surface area contributed by atoms with Crippen molar-refractivity contribution in [2.75, 3.05) is 0 Å². The minimum atomic E-state index is 0. The first-order valence-corrected chi connectivity index (χ1v) is 4.32. The van der Waals surface area contributed by atoms with Gasteiger partial charge in [0, 0.05) is 11.9 Å². The maximum atomic E-state index is 5.94. The fraction of sp³-hybridized carbons (Fsp3) is 0.556. The number of hydrogen-bond acceptors (Lipinski definition) is 3. The van der Waals surface area contributed by atoms with Gasteiger partial charge in [-0.1, -0.05) is 0 Å². The van der Waals surface area contributed by atoms with Gasteiger partial charge in [-0.2, -0.15) is 0 Å². The largest absolute Gasteiger partial charge is 0.321 e. The molecule has 1 saturated carbocycles. The molecule has 1 heterocycles. The van der Waals surface area contributed by atoms with E-state index in [1.807, 2.05) is 13.0 Å². The molecule has 2 rings (SSSR count). The van der Waals surface area contributed by atoms with Crippen molar-refractivity contribution >= 4 is 24.8 Å². The lowest BCUT2D eigenvalue weighted by Crippen LogP contribution is -2.16. The van der Waals surface area contributed by atoms with Crippen LogP contribution >= 0.6 is 24.8 Å². The average molecular weight is 236 g/mol. The Labute approximate surface area is 96.3 Å². The van der Waals surface area contributed by atoms with Gasteiger partial charge in [0.2, 0.25) is 0 Å². The molecule has 1 aliphatic rings. The van der Waals surface area contributed by atoms with Crippen LogP contribution in [0.3, 0.4) is 0 Å². The number of nitrogens with two attached hydrogens (primary N) is 1. The molecule has 1 fully saturated rings. The molecule has 14 heavy (non-hydrogen) atoms. The molecule has 1 aliphatic carbocycles. The fourth-order valence-electron chi connectivity index (χ4n) is 1.30. The molecule has 0 saturated heterocycles. The summed E-state index contributed by atoms with van der Waals surface area (Å²) < 4.78 is 0. The van der Waals surface area contributed by atoms with Gasteiger partial charge in [0.1, 0.15) is 5.82 Å². The van der Waals surface area contributed by atoms with Crippen LogP contribution in [0.25, 0.3) is 0 Å². The van der Waals surface area contributed by atoms with Crippen LogP contribution in [0.15, 0.2) is 12.3 Å². The zero-order valence-electron chi connectivity index (χ0n) is 8.01. The summed E-state index contributed by atoms with van der Waals surface area (Å²) in [7, 11) is 0. The Balaban J connectivity index is 0.000000845. The molecule has 1 unspecified atom stereocenters. The number of hydrogen-bond donors (Lipinski definition) is 1. The predicted molar refractivity (Wildman–Crippen MR) is 60.9 cm³/mol. The first-order valence-electron chi connectivity index (χ1n) is 4.32. The summed E-state index contributed by atoms with van der Waals surface area (Å²) in [5, 5.41) is 0. The summed E-state index contributed by atoms with van der Waals surface area (Å²) in [5.74, 6) is 1.43. The van der Waals surface area contributed by atoms with Gasteiger partial charge in [-0.25, -0.2) is 9.97 Å².